The fraction of sp³-hybridized carbons (Fsp3) is 0.417. The summed E-state index contributed by atoms with van der Waals surface area (Å²) in [7, 11) is -5.71. The Morgan fingerprint density at radius 2 is 0.974 bits per heavy atom. The molecule has 2 aromatic rings. The van der Waals surface area contributed by atoms with Gasteiger partial charge >= 0.3 is 0 Å². The Balaban J connectivity index is 2.20. The van der Waals surface area contributed by atoms with Gasteiger partial charge in [-0.3, -0.25) is 18.5 Å². The van der Waals surface area contributed by atoms with Crippen LogP contribution in [-0.4, -0.2) is 48.0 Å². The Morgan fingerprint density at radius 3 is 1.24 bits per heavy atom. The minimum Gasteiger partial charge on any atom is -0.360 e. The van der Waals surface area contributed by atoms with Gasteiger partial charge in [-0.2, -0.15) is 0 Å². The summed E-state index contributed by atoms with van der Waals surface area (Å²) in [6.07, 6.45) is 1.71. The fourth-order valence-corrected chi connectivity index (χ4v) is 9.53. The molecular weight excluding hydrogens is 644 g/mol. The first kappa shape index (κ1) is 33.6. The second-order valence-corrected chi connectivity index (χ2v) is 17.4. The first-order chi connectivity index (χ1) is 17.9. The maximum atomic E-state index is 13.7. The van der Waals surface area contributed by atoms with E-state index in [0.29, 0.717) is 79.4 Å². The van der Waals surface area contributed by atoms with Gasteiger partial charge in [0.05, 0.1) is 31.5 Å². The lowest BCUT2D eigenvalue weighted by Gasteiger charge is -2.34. The summed E-state index contributed by atoms with van der Waals surface area (Å²) < 4.78 is 30.8. The molecular formula is C24H32Cl4N4O2P2S2. The molecule has 0 aliphatic rings. The van der Waals surface area contributed by atoms with E-state index in [-0.39, 0.29) is 0 Å². The van der Waals surface area contributed by atoms with Crippen LogP contribution in [0.25, 0.3) is 0 Å². The maximum absolute atomic E-state index is 13.7. The lowest BCUT2D eigenvalue weighted by molar-refractivity contribution is 0.575. The van der Waals surface area contributed by atoms with E-state index in [1.54, 1.807) is 45.7 Å². The van der Waals surface area contributed by atoms with Crippen molar-refractivity contribution in [3.63, 3.8) is 0 Å². The van der Waals surface area contributed by atoms with Crippen LogP contribution in [0.5, 0.6) is 0 Å². The molecule has 14 heteroatoms. The highest BCUT2D eigenvalue weighted by Gasteiger charge is 2.32. The zero-order valence-electron chi connectivity index (χ0n) is 21.6. The molecule has 6 nitrogen and oxygen atoms in total. The zero-order valence-corrected chi connectivity index (χ0v) is 28.1. The fourth-order valence-electron chi connectivity index (χ4n) is 3.72. The summed E-state index contributed by atoms with van der Waals surface area (Å²) in [5, 5.41) is 8.44. The summed E-state index contributed by atoms with van der Waals surface area (Å²) in [4.78, 5) is 0. The molecule has 0 atom stereocenters. The van der Waals surface area contributed by atoms with Gasteiger partial charge in [-0.05, 0) is 60.8 Å². The van der Waals surface area contributed by atoms with Crippen molar-refractivity contribution in [2.75, 3.05) is 47.1 Å². The second kappa shape index (κ2) is 14.9. The van der Waals surface area contributed by atoms with E-state index >= 15 is 0 Å². The predicted molar refractivity (Wildman–Crippen MR) is 176 cm³/mol. The Labute approximate surface area is 256 Å². The van der Waals surface area contributed by atoms with Crippen LogP contribution in [0.2, 0.25) is 20.1 Å². The minimum absolute atomic E-state index is 0.303. The van der Waals surface area contributed by atoms with Crippen LogP contribution in [0.3, 0.4) is 0 Å². The third-order valence-corrected chi connectivity index (χ3v) is 14.7. The molecule has 0 radical (unpaired) electrons. The van der Waals surface area contributed by atoms with Gasteiger partial charge in [0, 0.05) is 37.7 Å². The van der Waals surface area contributed by atoms with E-state index in [1.807, 2.05) is 27.7 Å². The highest BCUT2D eigenvalue weighted by molar-refractivity contribution is 7.82. The quantitative estimate of drug-likeness (QED) is 0.139. The van der Waals surface area contributed by atoms with Crippen LogP contribution in [0.4, 0.5) is 11.4 Å². The Hall–Kier alpha value is -0.560. The molecule has 0 aromatic heterocycles. The largest absolute Gasteiger partial charge is 0.360 e. The van der Waals surface area contributed by atoms with Crippen LogP contribution >= 0.6 is 85.4 Å². The smallest absolute Gasteiger partial charge is 0.179 e. The van der Waals surface area contributed by atoms with Crippen molar-refractivity contribution in [1.29, 1.82) is 0 Å². The summed E-state index contributed by atoms with van der Waals surface area (Å²) in [5.74, 6) is 0. The normalized spacial score (nSPS) is 11.7. The van der Waals surface area contributed by atoms with Crippen molar-refractivity contribution in [2.45, 2.75) is 27.7 Å². The Bertz CT molecular complexity index is 1160. The number of hydrogen-bond donors (Lipinski definition) is 2. The highest BCUT2D eigenvalue weighted by Crippen LogP contribution is 2.53. The van der Waals surface area contributed by atoms with Crippen LogP contribution in [0.15, 0.2) is 36.4 Å². The van der Waals surface area contributed by atoms with Crippen molar-refractivity contribution in [1.82, 2.24) is 10.6 Å². The molecule has 0 unspecified atom stereocenters. The van der Waals surface area contributed by atoms with Gasteiger partial charge in [-0.25, -0.2) is 0 Å². The summed E-state index contributed by atoms with van der Waals surface area (Å²) in [6, 6.07) is 10.1. The SMILES string of the molecule is CCP(=O)(CC)N(C(=S)NCCNC(=S)N(c1ccc(Cl)c(Cl)c1)P(=O)(CC)CC)c1ccc(Cl)c(Cl)c1. The van der Waals surface area contributed by atoms with Crippen LogP contribution in [-0.2, 0) is 9.13 Å². The maximum Gasteiger partial charge on any atom is 0.179 e. The molecule has 2 rings (SSSR count). The molecule has 38 heavy (non-hydrogen) atoms. The zero-order chi connectivity index (χ0) is 28.7. The number of thiocarbonyl (C=S) groups is 2. The standard InChI is InChI=1S/C24H32Cl4N4O2P2S2/c1-5-35(33,6-2)31(17-9-11-19(25)21(27)15-17)23(37)29-13-14-30-24(38)32(36(34,7-3)8-4)18-10-12-20(26)22(28)16-18/h9-12,15-16H,5-8,13-14H2,1-4H3,(H,29,37)(H,30,38). The second-order valence-electron chi connectivity index (χ2n) is 8.24. The minimum atomic E-state index is -2.85. The van der Waals surface area contributed by atoms with Crippen LogP contribution in [0, 0.1) is 0 Å². The lowest BCUT2D eigenvalue weighted by Crippen LogP contribution is -2.44. The van der Waals surface area contributed by atoms with Gasteiger partial charge in [0.25, 0.3) is 0 Å². The third-order valence-electron chi connectivity index (χ3n) is 6.06. The molecule has 0 amide bonds. The molecule has 0 heterocycles. The average molecular weight is 676 g/mol. The monoisotopic (exact) mass is 674 g/mol. The third kappa shape index (κ3) is 8.01. The van der Waals surface area contributed by atoms with Crippen LogP contribution in [0.1, 0.15) is 27.7 Å². The molecule has 2 aromatic carbocycles. The van der Waals surface area contributed by atoms with Crippen LogP contribution < -0.4 is 20.0 Å². The number of benzene rings is 2. The number of rotatable bonds is 11. The number of nitrogens with one attached hydrogen (secondary N) is 2. The first-order valence-electron chi connectivity index (χ1n) is 12.1. The van der Waals surface area contributed by atoms with E-state index < -0.39 is 14.6 Å². The number of halogens is 4. The van der Waals surface area contributed by atoms with Gasteiger partial charge in [0.2, 0.25) is 0 Å². The first-order valence-corrected chi connectivity index (χ1v) is 18.5. The van der Waals surface area contributed by atoms with Crippen molar-refractivity contribution < 1.29 is 9.13 Å². The van der Waals surface area contributed by atoms with E-state index in [4.69, 9.17) is 70.8 Å². The van der Waals surface area contributed by atoms with E-state index in [2.05, 4.69) is 10.6 Å². The summed E-state index contributed by atoms with van der Waals surface area (Å²) >= 11 is 36.0. The van der Waals surface area contributed by atoms with Crippen molar-refractivity contribution in [2.24, 2.45) is 0 Å². The molecule has 0 spiro atoms. The summed E-state index contributed by atoms with van der Waals surface area (Å²) in [5.41, 5.74) is 1.20. The molecule has 0 bridgehead atoms. The van der Waals surface area contributed by atoms with E-state index in [0.717, 1.165) is 0 Å². The van der Waals surface area contributed by atoms with Gasteiger partial charge in [0.15, 0.2) is 24.8 Å². The molecule has 210 valence electrons. The van der Waals surface area contributed by atoms with E-state index in [9.17, 15) is 9.13 Å². The van der Waals surface area contributed by atoms with Gasteiger partial charge in [-0.15, -0.1) is 0 Å². The van der Waals surface area contributed by atoms with Crippen molar-refractivity contribution in [3.05, 3.63) is 56.5 Å². The topological polar surface area (TPSA) is 64.7 Å². The van der Waals surface area contributed by atoms with Gasteiger partial charge in [-0.1, -0.05) is 74.1 Å². The van der Waals surface area contributed by atoms with Crippen molar-refractivity contribution >= 4 is 107 Å². The molecule has 0 saturated carbocycles. The number of nitrogens with zero attached hydrogens (tertiary/aromatic N) is 2. The molecule has 0 fully saturated rings. The lowest BCUT2D eigenvalue weighted by atomic mass is 10.3. The van der Waals surface area contributed by atoms with Gasteiger partial charge in [0.1, 0.15) is 0 Å². The molecule has 0 aliphatic heterocycles. The van der Waals surface area contributed by atoms with Gasteiger partial charge < -0.3 is 10.6 Å². The average Bonchev–Trinajstić information content (AvgIpc) is 2.90. The molecule has 0 aliphatic carbocycles. The number of hydrogen-bond acceptors (Lipinski definition) is 4. The Kier molecular flexibility index (Phi) is 13.2. The molecule has 0 saturated heterocycles. The predicted octanol–water partition coefficient (Wildman–Crippen LogP) is 9.00. The summed E-state index contributed by atoms with van der Waals surface area (Å²) in [6.45, 7) is 8.21. The Morgan fingerprint density at radius 1 is 0.658 bits per heavy atom. The number of anilines is 2. The van der Waals surface area contributed by atoms with Crippen molar-refractivity contribution in [3.8, 4) is 0 Å². The van der Waals surface area contributed by atoms with E-state index in [1.165, 1.54) is 0 Å². The highest BCUT2D eigenvalue weighted by atomic mass is 35.5. The molecule has 2 N–H and O–H groups in total.